The molecule has 1 saturated carbocycles. The summed E-state index contributed by atoms with van der Waals surface area (Å²) in [6.45, 7) is 3.70. The molecule has 22 heavy (non-hydrogen) atoms. The average molecular weight is 345 g/mol. The van der Waals surface area contributed by atoms with Gasteiger partial charge in [0, 0.05) is 6.04 Å². The van der Waals surface area contributed by atoms with Crippen molar-refractivity contribution in [3.63, 3.8) is 0 Å². The molecular weight excluding hydrogens is 320 g/mol. The minimum atomic E-state index is -3.64. The highest BCUT2D eigenvalue weighted by molar-refractivity contribution is 7.91. The van der Waals surface area contributed by atoms with Gasteiger partial charge in [-0.2, -0.15) is 4.72 Å². The molecule has 1 amide bonds. The molecule has 7 heteroatoms. The van der Waals surface area contributed by atoms with Crippen molar-refractivity contribution in [1.82, 2.24) is 10.0 Å². The van der Waals surface area contributed by atoms with E-state index in [2.05, 4.69) is 10.0 Å². The van der Waals surface area contributed by atoms with Crippen LogP contribution in [0, 0.1) is 5.92 Å². The monoisotopic (exact) mass is 344 g/mol. The third kappa shape index (κ3) is 4.54. The van der Waals surface area contributed by atoms with Crippen molar-refractivity contribution in [3.05, 3.63) is 17.5 Å². The van der Waals surface area contributed by atoms with Crippen molar-refractivity contribution in [2.45, 2.75) is 62.2 Å². The van der Waals surface area contributed by atoms with Gasteiger partial charge in [-0.25, -0.2) is 8.42 Å². The van der Waals surface area contributed by atoms with Gasteiger partial charge < -0.3 is 5.32 Å². The number of thiophene rings is 1. The van der Waals surface area contributed by atoms with Crippen molar-refractivity contribution >= 4 is 27.3 Å². The van der Waals surface area contributed by atoms with Gasteiger partial charge >= 0.3 is 0 Å². The lowest BCUT2D eigenvalue weighted by Gasteiger charge is -2.27. The molecule has 2 rings (SSSR count). The zero-order chi connectivity index (χ0) is 16.2. The average Bonchev–Trinajstić information content (AvgIpc) is 3.00. The van der Waals surface area contributed by atoms with Crippen LogP contribution in [-0.2, 0) is 14.8 Å². The first-order valence-electron chi connectivity index (χ1n) is 7.76. The van der Waals surface area contributed by atoms with Crippen LogP contribution in [-0.4, -0.2) is 26.4 Å². The van der Waals surface area contributed by atoms with Crippen molar-refractivity contribution in [3.8, 4) is 0 Å². The number of hydrogen-bond acceptors (Lipinski definition) is 4. The number of hydrogen-bond donors (Lipinski definition) is 2. The number of nitrogens with one attached hydrogen (secondary N) is 2. The molecule has 0 aromatic carbocycles. The molecule has 2 N–H and O–H groups in total. The molecule has 1 aliphatic carbocycles. The van der Waals surface area contributed by atoms with Gasteiger partial charge in [-0.15, -0.1) is 11.3 Å². The molecule has 1 heterocycles. The van der Waals surface area contributed by atoms with Gasteiger partial charge in [0.1, 0.15) is 10.3 Å². The summed E-state index contributed by atoms with van der Waals surface area (Å²) < 4.78 is 27.4. The van der Waals surface area contributed by atoms with Crippen molar-refractivity contribution in [2.24, 2.45) is 5.92 Å². The molecular formula is C15H24N2O3S2. The van der Waals surface area contributed by atoms with Gasteiger partial charge in [-0.1, -0.05) is 39.2 Å². The topological polar surface area (TPSA) is 75.3 Å². The van der Waals surface area contributed by atoms with Gasteiger partial charge in [-0.05, 0) is 30.2 Å². The number of amides is 1. The Morgan fingerprint density at radius 1 is 1.27 bits per heavy atom. The third-order valence-corrected chi connectivity index (χ3v) is 6.78. The van der Waals surface area contributed by atoms with E-state index in [9.17, 15) is 13.2 Å². The summed E-state index contributed by atoms with van der Waals surface area (Å²) in [5, 5.41) is 4.72. The molecule has 1 aromatic heterocycles. The normalized spacial score (nSPS) is 18.3. The van der Waals surface area contributed by atoms with Crippen LogP contribution in [0.2, 0.25) is 0 Å². The first-order chi connectivity index (χ1) is 10.4. The predicted molar refractivity (Wildman–Crippen MR) is 88.3 cm³/mol. The van der Waals surface area contributed by atoms with Crippen LogP contribution in [0.4, 0.5) is 0 Å². The maximum Gasteiger partial charge on any atom is 0.250 e. The first-order valence-corrected chi connectivity index (χ1v) is 10.1. The van der Waals surface area contributed by atoms with Crippen LogP contribution >= 0.6 is 11.3 Å². The molecule has 0 radical (unpaired) electrons. The van der Waals surface area contributed by atoms with E-state index < -0.39 is 16.1 Å². The summed E-state index contributed by atoms with van der Waals surface area (Å²) >= 11 is 1.15. The second kappa shape index (κ2) is 7.57. The van der Waals surface area contributed by atoms with E-state index in [1.54, 1.807) is 17.5 Å². The fraction of sp³-hybridized carbons (Fsp3) is 0.667. The second-order valence-corrected chi connectivity index (χ2v) is 9.01. The molecule has 0 unspecified atom stereocenters. The highest BCUT2D eigenvalue weighted by atomic mass is 32.2. The molecule has 0 bridgehead atoms. The summed E-state index contributed by atoms with van der Waals surface area (Å²) in [7, 11) is -3.64. The van der Waals surface area contributed by atoms with Crippen LogP contribution < -0.4 is 10.0 Å². The van der Waals surface area contributed by atoms with Gasteiger partial charge in [0.15, 0.2) is 0 Å². The van der Waals surface area contributed by atoms with Crippen molar-refractivity contribution < 1.29 is 13.2 Å². The Morgan fingerprint density at radius 3 is 2.50 bits per heavy atom. The number of carbonyl (C=O) groups excluding carboxylic acids is 1. The van der Waals surface area contributed by atoms with E-state index in [0.717, 1.165) is 37.0 Å². The summed E-state index contributed by atoms with van der Waals surface area (Å²) in [5.41, 5.74) is 0. The van der Waals surface area contributed by atoms with Gasteiger partial charge in [-0.3, -0.25) is 4.79 Å². The molecule has 1 fully saturated rings. The summed E-state index contributed by atoms with van der Waals surface area (Å²) in [6, 6.07) is 2.66. The van der Waals surface area contributed by atoms with E-state index in [-0.39, 0.29) is 22.1 Å². The zero-order valence-electron chi connectivity index (χ0n) is 13.0. The fourth-order valence-corrected chi connectivity index (χ4v) is 5.03. The molecule has 0 saturated heterocycles. The van der Waals surface area contributed by atoms with Gasteiger partial charge in [0.05, 0.1) is 0 Å². The lowest BCUT2D eigenvalue weighted by atomic mass is 9.94. The summed E-state index contributed by atoms with van der Waals surface area (Å²) in [6.07, 6.45) is 5.42. The lowest BCUT2D eigenvalue weighted by Crippen LogP contribution is -2.52. The zero-order valence-corrected chi connectivity index (χ0v) is 14.7. The minimum absolute atomic E-state index is 0.113. The SMILES string of the molecule is CC(C)[C@@H](NS(=O)(=O)c1cccs1)C(=O)NC1CCCCC1. The van der Waals surface area contributed by atoms with E-state index in [0.29, 0.717) is 0 Å². The Hall–Kier alpha value is -0.920. The highest BCUT2D eigenvalue weighted by Crippen LogP contribution is 2.19. The molecule has 0 aliphatic heterocycles. The molecule has 1 aromatic rings. The first kappa shape index (κ1) is 17.4. The molecule has 1 atom stereocenters. The van der Waals surface area contributed by atoms with Crippen LogP contribution in [0.5, 0.6) is 0 Å². The maximum atomic E-state index is 12.5. The molecule has 1 aliphatic rings. The smallest absolute Gasteiger partial charge is 0.250 e. The quantitative estimate of drug-likeness (QED) is 0.832. The Bertz CT molecular complexity index is 576. The van der Waals surface area contributed by atoms with Crippen LogP contribution in [0.25, 0.3) is 0 Å². The maximum absolute atomic E-state index is 12.5. The molecule has 0 spiro atoms. The summed E-state index contributed by atoms with van der Waals surface area (Å²) in [5.74, 6) is -0.333. The Kier molecular flexibility index (Phi) is 6.00. The predicted octanol–water partition coefficient (Wildman–Crippen LogP) is 2.50. The standard InChI is InChI=1S/C15H24N2O3S2/c1-11(2)14(15(18)16-12-7-4-3-5-8-12)17-22(19,20)13-9-6-10-21-13/h6,9-12,14,17H,3-5,7-8H2,1-2H3,(H,16,18)/t14-/m1/s1. The van der Waals surface area contributed by atoms with Crippen LogP contribution in [0.15, 0.2) is 21.7 Å². The number of carbonyl (C=O) groups is 1. The van der Waals surface area contributed by atoms with Gasteiger partial charge in [0.2, 0.25) is 5.91 Å². The summed E-state index contributed by atoms with van der Waals surface area (Å²) in [4.78, 5) is 12.5. The van der Waals surface area contributed by atoms with E-state index in [1.807, 2.05) is 13.8 Å². The van der Waals surface area contributed by atoms with E-state index >= 15 is 0 Å². The van der Waals surface area contributed by atoms with E-state index in [4.69, 9.17) is 0 Å². The van der Waals surface area contributed by atoms with Gasteiger partial charge in [0.25, 0.3) is 10.0 Å². The van der Waals surface area contributed by atoms with E-state index in [1.165, 1.54) is 6.42 Å². The third-order valence-electron chi connectivity index (χ3n) is 3.94. The number of sulfonamides is 1. The second-order valence-electron chi connectivity index (χ2n) is 6.12. The largest absolute Gasteiger partial charge is 0.352 e. The number of rotatable bonds is 6. The lowest BCUT2D eigenvalue weighted by molar-refractivity contribution is -0.124. The van der Waals surface area contributed by atoms with Crippen molar-refractivity contribution in [2.75, 3.05) is 0 Å². The molecule has 124 valence electrons. The van der Waals surface area contributed by atoms with Crippen LogP contribution in [0.3, 0.4) is 0 Å². The van der Waals surface area contributed by atoms with Crippen molar-refractivity contribution in [1.29, 1.82) is 0 Å². The minimum Gasteiger partial charge on any atom is -0.352 e. The van der Waals surface area contributed by atoms with Crippen LogP contribution in [0.1, 0.15) is 46.0 Å². The Balaban J connectivity index is 2.04. The highest BCUT2D eigenvalue weighted by Gasteiger charge is 2.30. The fourth-order valence-electron chi connectivity index (χ4n) is 2.67. The Labute approximate surface area is 136 Å². The Morgan fingerprint density at radius 2 is 1.95 bits per heavy atom. The molecule has 5 nitrogen and oxygen atoms in total.